The topological polar surface area (TPSA) is 58.4 Å². The highest BCUT2D eigenvalue weighted by Gasteiger charge is 2.27. The van der Waals surface area contributed by atoms with E-state index in [0.717, 1.165) is 11.0 Å². The SMILES string of the molecule is CC(C)Cn1c(=O)c(N2CCN(C(=O)CC3CCCC3)CC2)nc2ccccc21. The van der Waals surface area contributed by atoms with Crippen molar-refractivity contribution < 1.29 is 4.79 Å². The van der Waals surface area contributed by atoms with Gasteiger partial charge in [-0.1, -0.05) is 38.8 Å². The van der Waals surface area contributed by atoms with Gasteiger partial charge in [0, 0.05) is 39.1 Å². The first kappa shape index (κ1) is 19.9. The number of anilines is 1. The first-order valence-corrected chi connectivity index (χ1v) is 11.0. The van der Waals surface area contributed by atoms with Crippen molar-refractivity contribution in [3.8, 4) is 0 Å². The molecular weight excluding hydrogens is 364 g/mol. The summed E-state index contributed by atoms with van der Waals surface area (Å²) in [5.41, 5.74) is 1.71. The van der Waals surface area contributed by atoms with E-state index in [1.165, 1.54) is 25.7 Å². The van der Waals surface area contributed by atoms with E-state index < -0.39 is 0 Å². The van der Waals surface area contributed by atoms with Crippen LogP contribution in [0.4, 0.5) is 5.82 Å². The second-order valence-corrected chi connectivity index (χ2v) is 8.96. The molecule has 0 spiro atoms. The standard InChI is InChI=1S/C23H32N4O2/c1-17(2)16-27-20-10-6-5-9-19(20)24-22(23(27)29)26-13-11-25(12-14-26)21(28)15-18-7-3-4-8-18/h5-6,9-10,17-18H,3-4,7-8,11-16H2,1-2H3. The molecule has 2 fully saturated rings. The lowest BCUT2D eigenvalue weighted by Crippen LogP contribution is -2.51. The van der Waals surface area contributed by atoms with E-state index in [9.17, 15) is 9.59 Å². The average Bonchev–Trinajstić information content (AvgIpc) is 3.23. The van der Waals surface area contributed by atoms with Gasteiger partial charge in [-0.15, -0.1) is 0 Å². The lowest BCUT2D eigenvalue weighted by Gasteiger charge is -2.35. The first-order valence-electron chi connectivity index (χ1n) is 11.0. The van der Waals surface area contributed by atoms with Crippen LogP contribution in [0, 0.1) is 11.8 Å². The molecule has 6 heteroatoms. The average molecular weight is 397 g/mol. The van der Waals surface area contributed by atoms with E-state index in [4.69, 9.17) is 4.98 Å². The fourth-order valence-electron chi connectivity index (χ4n) is 4.69. The molecule has 0 radical (unpaired) electrons. The number of fused-ring (bicyclic) bond motifs is 1. The summed E-state index contributed by atoms with van der Waals surface area (Å²) in [6.45, 7) is 7.59. The Hall–Kier alpha value is -2.37. The van der Waals surface area contributed by atoms with Crippen molar-refractivity contribution in [2.45, 2.75) is 52.5 Å². The number of hydrogen-bond acceptors (Lipinski definition) is 4. The number of hydrogen-bond donors (Lipinski definition) is 0. The van der Waals surface area contributed by atoms with Crippen molar-refractivity contribution in [1.29, 1.82) is 0 Å². The monoisotopic (exact) mass is 396 g/mol. The Morgan fingerprint density at radius 1 is 1.10 bits per heavy atom. The van der Waals surface area contributed by atoms with E-state index in [1.807, 2.05) is 33.7 Å². The summed E-state index contributed by atoms with van der Waals surface area (Å²) in [6.07, 6.45) is 5.61. The summed E-state index contributed by atoms with van der Waals surface area (Å²) < 4.78 is 1.86. The quantitative estimate of drug-likeness (QED) is 0.778. The van der Waals surface area contributed by atoms with E-state index in [-0.39, 0.29) is 11.5 Å². The molecule has 0 unspecified atom stereocenters. The molecule has 0 atom stereocenters. The van der Waals surface area contributed by atoms with Gasteiger partial charge in [0.2, 0.25) is 5.91 Å². The van der Waals surface area contributed by atoms with Crippen molar-refractivity contribution in [1.82, 2.24) is 14.5 Å². The summed E-state index contributed by atoms with van der Waals surface area (Å²) in [4.78, 5) is 34.6. The van der Waals surface area contributed by atoms with E-state index >= 15 is 0 Å². The van der Waals surface area contributed by atoms with Gasteiger partial charge < -0.3 is 14.4 Å². The fraction of sp³-hybridized carbons (Fsp3) is 0.609. The van der Waals surface area contributed by atoms with Gasteiger partial charge in [-0.3, -0.25) is 9.59 Å². The molecule has 6 nitrogen and oxygen atoms in total. The number of aromatic nitrogens is 2. The second kappa shape index (κ2) is 8.56. The molecule has 29 heavy (non-hydrogen) atoms. The van der Waals surface area contributed by atoms with Gasteiger partial charge in [0.25, 0.3) is 5.56 Å². The Balaban J connectivity index is 1.51. The fourth-order valence-corrected chi connectivity index (χ4v) is 4.69. The van der Waals surface area contributed by atoms with Crippen molar-refractivity contribution in [2.75, 3.05) is 31.1 Å². The minimum absolute atomic E-state index is 0.0249. The Labute approximate surface area is 172 Å². The van der Waals surface area contributed by atoms with Crippen LogP contribution in [0.15, 0.2) is 29.1 Å². The van der Waals surface area contributed by atoms with Gasteiger partial charge in [0.1, 0.15) is 0 Å². The van der Waals surface area contributed by atoms with Crippen molar-refractivity contribution in [3.63, 3.8) is 0 Å². The summed E-state index contributed by atoms with van der Waals surface area (Å²) >= 11 is 0. The number of nitrogens with zero attached hydrogens (tertiary/aromatic N) is 4. The third-order valence-electron chi connectivity index (χ3n) is 6.25. The molecule has 1 aliphatic carbocycles. The smallest absolute Gasteiger partial charge is 0.294 e. The Bertz CT molecular complexity index is 922. The number of carbonyl (C=O) groups excluding carboxylic acids is 1. The molecular formula is C23H32N4O2. The zero-order valence-electron chi connectivity index (χ0n) is 17.6. The van der Waals surface area contributed by atoms with Crippen LogP contribution in [0.2, 0.25) is 0 Å². The normalized spacial score (nSPS) is 18.2. The summed E-state index contributed by atoms with van der Waals surface area (Å²) in [6, 6.07) is 7.85. The van der Waals surface area contributed by atoms with Crippen LogP contribution in [-0.2, 0) is 11.3 Å². The predicted molar refractivity (Wildman–Crippen MR) is 116 cm³/mol. The van der Waals surface area contributed by atoms with Crippen LogP contribution in [0.5, 0.6) is 0 Å². The van der Waals surface area contributed by atoms with Crippen LogP contribution < -0.4 is 10.5 Å². The molecule has 1 amide bonds. The molecule has 4 rings (SSSR count). The van der Waals surface area contributed by atoms with E-state index in [1.54, 1.807) is 0 Å². The zero-order chi connectivity index (χ0) is 20.4. The van der Waals surface area contributed by atoms with Gasteiger partial charge in [-0.05, 0) is 36.8 Å². The van der Waals surface area contributed by atoms with E-state index in [0.29, 0.717) is 56.8 Å². The van der Waals surface area contributed by atoms with Gasteiger partial charge in [0.05, 0.1) is 11.0 Å². The molecule has 1 aliphatic heterocycles. The lowest BCUT2D eigenvalue weighted by atomic mass is 10.0. The molecule has 1 aromatic heterocycles. The summed E-state index contributed by atoms with van der Waals surface area (Å²) in [7, 11) is 0. The number of amides is 1. The number of rotatable bonds is 5. The molecule has 1 saturated heterocycles. The zero-order valence-corrected chi connectivity index (χ0v) is 17.6. The minimum atomic E-state index is -0.0249. The molecule has 0 N–H and O–H groups in total. The number of para-hydroxylation sites is 2. The van der Waals surface area contributed by atoms with Crippen LogP contribution in [0.3, 0.4) is 0 Å². The summed E-state index contributed by atoms with van der Waals surface area (Å²) in [5, 5.41) is 0. The molecule has 2 aromatic rings. The van der Waals surface area contributed by atoms with Gasteiger partial charge in [-0.25, -0.2) is 4.98 Å². The Morgan fingerprint density at radius 3 is 2.48 bits per heavy atom. The maximum atomic E-state index is 13.2. The van der Waals surface area contributed by atoms with Gasteiger partial charge in [-0.2, -0.15) is 0 Å². The number of carbonyl (C=O) groups is 1. The third-order valence-corrected chi connectivity index (χ3v) is 6.25. The molecule has 2 heterocycles. The van der Waals surface area contributed by atoms with Crippen LogP contribution in [0.1, 0.15) is 46.0 Å². The predicted octanol–water partition coefficient (Wildman–Crippen LogP) is 3.28. The molecule has 1 saturated carbocycles. The van der Waals surface area contributed by atoms with E-state index in [2.05, 4.69) is 18.7 Å². The van der Waals surface area contributed by atoms with Crippen LogP contribution in [0.25, 0.3) is 11.0 Å². The Kier molecular flexibility index (Phi) is 5.88. The minimum Gasteiger partial charge on any atom is -0.348 e. The highest BCUT2D eigenvalue weighted by molar-refractivity contribution is 5.77. The summed E-state index contributed by atoms with van der Waals surface area (Å²) in [5.74, 6) is 1.75. The number of piperazine rings is 1. The molecule has 2 aliphatic rings. The Morgan fingerprint density at radius 2 is 1.79 bits per heavy atom. The molecule has 0 bridgehead atoms. The third kappa shape index (κ3) is 4.31. The molecule has 1 aromatic carbocycles. The van der Waals surface area contributed by atoms with Crippen LogP contribution >= 0.6 is 0 Å². The van der Waals surface area contributed by atoms with Crippen LogP contribution in [-0.4, -0.2) is 46.5 Å². The maximum absolute atomic E-state index is 13.2. The molecule has 156 valence electrons. The maximum Gasteiger partial charge on any atom is 0.294 e. The largest absolute Gasteiger partial charge is 0.348 e. The van der Waals surface area contributed by atoms with Gasteiger partial charge in [0.15, 0.2) is 5.82 Å². The lowest BCUT2D eigenvalue weighted by molar-refractivity contribution is -0.132. The first-order chi connectivity index (χ1) is 14.0. The second-order valence-electron chi connectivity index (χ2n) is 8.96. The highest BCUT2D eigenvalue weighted by Crippen LogP contribution is 2.28. The van der Waals surface area contributed by atoms with Crippen molar-refractivity contribution >= 4 is 22.8 Å². The number of benzene rings is 1. The van der Waals surface area contributed by atoms with Crippen molar-refractivity contribution in [2.24, 2.45) is 11.8 Å². The highest BCUT2D eigenvalue weighted by atomic mass is 16.2. The van der Waals surface area contributed by atoms with Gasteiger partial charge >= 0.3 is 0 Å². The van der Waals surface area contributed by atoms with Crippen molar-refractivity contribution in [3.05, 3.63) is 34.6 Å².